The average molecular weight is 312 g/mol. The molecule has 4 nitrogen and oxygen atoms in total. The van der Waals surface area contributed by atoms with E-state index in [2.05, 4.69) is 5.10 Å². The van der Waals surface area contributed by atoms with Crippen LogP contribution in [0.25, 0.3) is 5.52 Å². The second-order valence-electron chi connectivity index (χ2n) is 4.86. The molecule has 0 aliphatic carbocycles. The topological polar surface area (TPSA) is 43.6 Å². The number of aromatic nitrogens is 2. The highest BCUT2D eigenvalue weighted by Crippen LogP contribution is 2.35. The zero-order valence-electron chi connectivity index (χ0n) is 12.4. The molecule has 1 aromatic carbocycles. The number of pyridine rings is 1. The van der Waals surface area contributed by atoms with Crippen LogP contribution in [-0.2, 0) is 0 Å². The summed E-state index contributed by atoms with van der Waals surface area (Å²) in [5.74, 6) is 0.502. The predicted octanol–water partition coefficient (Wildman–Crippen LogP) is 3.97. The van der Waals surface area contributed by atoms with E-state index in [1.165, 1.54) is 0 Å². The Bertz CT molecular complexity index is 812. The standard InChI is InChI=1S/C17H16N2O2S/c1-3-21-16-15(14-11-12(2)9-10-19(14)18-16)22-17(20)13-7-5-4-6-8-13/h4-11H,3H2,1-2H3. The van der Waals surface area contributed by atoms with E-state index in [1.807, 2.05) is 62.5 Å². The van der Waals surface area contributed by atoms with Gasteiger partial charge in [0.1, 0.15) is 4.90 Å². The average Bonchev–Trinajstić information content (AvgIpc) is 2.86. The Labute approximate surface area is 133 Å². The molecular formula is C17H16N2O2S. The van der Waals surface area contributed by atoms with Crippen LogP contribution < -0.4 is 4.74 Å². The van der Waals surface area contributed by atoms with Gasteiger partial charge < -0.3 is 4.74 Å². The second-order valence-corrected chi connectivity index (χ2v) is 5.84. The number of ether oxygens (including phenoxy) is 1. The van der Waals surface area contributed by atoms with Crippen LogP contribution in [-0.4, -0.2) is 21.3 Å². The number of thioether (sulfide) groups is 1. The van der Waals surface area contributed by atoms with Crippen molar-refractivity contribution in [2.75, 3.05) is 6.61 Å². The number of aryl methyl sites for hydroxylation is 1. The highest BCUT2D eigenvalue weighted by molar-refractivity contribution is 8.14. The van der Waals surface area contributed by atoms with E-state index in [0.29, 0.717) is 18.1 Å². The van der Waals surface area contributed by atoms with Crippen LogP contribution in [0.15, 0.2) is 53.6 Å². The maximum Gasteiger partial charge on any atom is 0.248 e. The van der Waals surface area contributed by atoms with Gasteiger partial charge in [-0.25, -0.2) is 4.52 Å². The first-order chi connectivity index (χ1) is 10.7. The molecule has 0 spiro atoms. The van der Waals surface area contributed by atoms with Crippen molar-refractivity contribution in [1.29, 1.82) is 0 Å². The molecule has 0 aliphatic heterocycles. The molecule has 2 heterocycles. The molecule has 0 saturated carbocycles. The van der Waals surface area contributed by atoms with Crippen molar-refractivity contribution in [3.63, 3.8) is 0 Å². The number of benzene rings is 1. The number of fused-ring (bicyclic) bond motifs is 1. The van der Waals surface area contributed by atoms with Crippen molar-refractivity contribution >= 4 is 22.4 Å². The predicted molar refractivity (Wildman–Crippen MR) is 87.7 cm³/mol. The quantitative estimate of drug-likeness (QED) is 0.684. The van der Waals surface area contributed by atoms with Crippen LogP contribution in [0.3, 0.4) is 0 Å². The lowest BCUT2D eigenvalue weighted by Gasteiger charge is -2.03. The Kier molecular flexibility index (Phi) is 4.15. The Balaban J connectivity index is 2.02. The minimum absolute atomic E-state index is 0.0158. The van der Waals surface area contributed by atoms with Gasteiger partial charge in [0.05, 0.1) is 12.1 Å². The largest absolute Gasteiger partial charge is 0.476 e. The SMILES string of the molecule is CCOc1nn2ccc(C)cc2c1SC(=O)c1ccccc1. The Morgan fingerprint density at radius 3 is 2.77 bits per heavy atom. The second kappa shape index (κ2) is 6.23. The third-order valence-electron chi connectivity index (χ3n) is 3.20. The van der Waals surface area contributed by atoms with Crippen molar-refractivity contribution in [2.45, 2.75) is 18.7 Å². The third-order valence-corrected chi connectivity index (χ3v) is 4.21. The molecule has 0 N–H and O–H groups in total. The molecule has 0 radical (unpaired) electrons. The number of hydrogen-bond acceptors (Lipinski definition) is 4. The van der Waals surface area contributed by atoms with E-state index < -0.39 is 0 Å². The van der Waals surface area contributed by atoms with Gasteiger partial charge in [-0.3, -0.25) is 4.79 Å². The van der Waals surface area contributed by atoms with Gasteiger partial charge in [-0.1, -0.05) is 30.3 Å². The first-order valence-corrected chi connectivity index (χ1v) is 7.89. The summed E-state index contributed by atoms with van der Waals surface area (Å²) >= 11 is 1.16. The normalized spacial score (nSPS) is 10.8. The number of carbonyl (C=O) groups is 1. The summed E-state index contributed by atoms with van der Waals surface area (Å²) in [7, 11) is 0. The summed E-state index contributed by atoms with van der Waals surface area (Å²) in [6.45, 7) is 4.43. The minimum Gasteiger partial charge on any atom is -0.476 e. The monoisotopic (exact) mass is 312 g/mol. The molecule has 0 atom stereocenters. The fourth-order valence-electron chi connectivity index (χ4n) is 2.16. The highest BCUT2D eigenvalue weighted by atomic mass is 32.2. The molecule has 0 amide bonds. The van der Waals surface area contributed by atoms with Crippen LogP contribution in [0.4, 0.5) is 0 Å². The molecule has 112 valence electrons. The van der Waals surface area contributed by atoms with Gasteiger partial charge in [0.2, 0.25) is 11.0 Å². The highest BCUT2D eigenvalue weighted by Gasteiger charge is 2.19. The Morgan fingerprint density at radius 1 is 1.27 bits per heavy atom. The van der Waals surface area contributed by atoms with Gasteiger partial charge in [-0.2, -0.15) is 0 Å². The molecule has 3 aromatic rings. The number of hydrogen-bond donors (Lipinski definition) is 0. The van der Waals surface area contributed by atoms with Gasteiger partial charge in [0.25, 0.3) is 0 Å². The van der Waals surface area contributed by atoms with E-state index >= 15 is 0 Å². The van der Waals surface area contributed by atoms with E-state index in [-0.39, 0.29) is 5.12 Å². The number of carbonyl (C=O) groups excluding carboxylic acids is 1. The molecule has 0 bridgehead atoms. The van der Waals surface area contributed by atoms with Gasteiger partial charge in [0, 0.05) is 11.8 Å². The molecule has 22 heavy (non-hydrogen) atoms. The summed E-state index contributed by atoms with van der Waals surface area (Å²) in [5, 5.41) is 4.40. The number of rotatable bonds is 4. The van der Waals surface area contributed by atoms with Crippen LogP contribution in [0.1, 0.15) is 22.8 Å². The van der Waals surface area contributed by atoms with Crippen LogP contribution in [0.5, 0.6) is 5.88 Å². The fourth-order valence-corrected chi connectivity index (χ4v) is 3.04. The van der Waals surface area contributed by atoms with Gasteiger partial charge in [-0.05, 0) is 43.3 Å². The zero-order valence-corrected chi connectivity index (χ0v) is 13.3. The summed E-state index contributed by atoms with van der Waals surface area (Å²) in [5.41, 5.74) is 2.67. The molecule has 3 rings (SSSR count). The van der Waals surface area contributed by atoms with E-state index in [1.54, 1.807) is 4.52 Å². The first-order valence-electron chi connectivity index (χ1n) is 7.08. The van der Waals surface area contributed by atoms with Crippen molar-refractivity contribution in [3.8, 4) is 5.88 Å². The fraction of sp³-hybridized carbons (Fsp3) is 0.176. The van der Waals surface area contributed by atoms with Gasteiger partial charge >= 0.3 is 0 Å². The zero-order chi connectivity index (χ0) is 15.5. The maximum absolute atomic E-state index is 12.5. The van der Waals surface area contributed by atoms with E-state index in [0.717, 1.165) is 27.7 Å². The lowest BCUT2D eigenvalue weighted by atomic mass is 10.2. The molecular weight excluding hydrogens is 296 g/mol. The van der Waals surface area contributed by atoms with Crippen molar-refractivity contribution in [1.82, 2.24) is 9.61 Å². The van der Waals surface area contributed by atoms with Gasteiger partial charge in [0.15, 0.2) is 0 Å². The van der Waals surface area contributed by atoms with Crippen LogP contribution >= 0.6 is 11.8 Å². The smallest absolute Gasteiger partial charge is 0.248 e. The van der Waals surface area contributed by atoms with Crippen molar-refractivity contribution in [2.24, 2.45) is 0 Å². The summed E-state index contributed by atoms with van der Waals surface area (Å²) < 4.78 is 7.34. The first kappa shape index (κ1) is 14.7. The third kappa shape index (κ3) is 2.85. The minimum atomic E-state index is -0.0158. The molecule has 0 unspecified atom stereocenters. The van der Waals surface area contributed by atoms with Crippen LogP contribution in [0.2, 0.25) is 0 Å². The molecule has 5 heteroatoms. The summed E-state index contributed by atoms with van der Waals surface area (Å²) in [4.78, 5) is 13.2. The Morgan fingerprint density at radius 2 is 2.05 bits per heavy atom. The Hall–Kier alpha value is -2.27. The molecule has 2 aromatic heterocycles. The molecule has 0 aliphatic rings. The van der Waals surface area contributed by atoms with Crippen LogP contribution in [0, 0.1) is 6.92 Å². The molecule has 0 saturated heterocycles. The summed E-state index contributed by atoms with van der Waals surface area (Å²) in [6, 6.07) is 13.2. The van der Waals surface area contributed by atoms with E-state index in [4.69, 9.17) is 4.74 Å². The summed E-state index contributed by atoms with van der Waals surface area (Å²) in [6.07, 6.45) is 1.88. The van der Waals surface area contributed by atoms with E-state index in [9.17, 15) is 4.79 Å². The van der Waals surface area contributed by atoms with Crippen molar-refractivity contribution in [3.05, 3.63) is 59.8 Å². The van der Waals surface area contributed by atoms with Crippen molar-refractivity contribution < 1.29 is 9.53 Å². The lowest BCUT2D eigenvalue weighted by molar-refractivity contribution is 0.108. The maximum atomic E-state index is 12.5. The number of nitrogens with zero attached hydrogens (tertiary/aromatic N) is 2. The lowest BCUT2D eigenvalue weighted by Crippen LogP contribution is -1.96. The molecule has 0 fully saturated rings. The van der Waals surface area contributed by atoms with Gasteiger partial charge in [-0.15, -0.1) is 5.10 Å².